The molecule has 0 bridgehead atoms. The molecule has 1 N–H and O–H groups in total. The third-order valence-electron chi connectivity index (χ3n) is 3.55. The lowest BCUT2D eigenvalue weighted by atomic mass is 10.1. The summed E-state index contributed by atoms with van der Waals surface area (Å²) in [6, 6.07) is 5.97. The number of anilines is 1. The largest absolute Gasteiger partial charge is 0.478 e. The molecule has 1 heterocycles. The molecular formula is C16H21NO3. The molecule has 20 heavy (non-hydrogen) atoms. The molecular weight excluding hydrogens is 254 g/mol. The van der Waals surface area contributed by atoms with E-state index in [4.69, 9.17) is 9.84 Å². The van der Waals surface area contributed by atoms with Crippen LogP contribution in [0.15, 0.2) is 24.3 Å². The van der Waals surface area contributed by atoms with E-state index in [0.29, 0.717) is 6.10 Å². The van der Waals surface area contributed by atoms with Gasteiger partial charge in [0.05, 0.1) is 6.10 Å². The number of hydrogen-bond acceptors (Lipinski definition) is 3. The Balaban J connectivity index is 2.06. The van der Waals surface area contributed by atoms with Crippen molar-refractivity contribution in [1.82, 2.24) is 0 Å². The molecule has 1 aliphatic heterocycles. The minimum absolute atomic E-state index is 0.325. The molecule has 108 valence electrons. The Morgan fingerprint density at radius 3 is 2.95 bits per heavy atom. The second kappa shape index (κ2) is 6.57. The van der Waals surface area contributed by atoms with E-state index < -0.39 is 5.97 Å². The van der Waals surface area contributed by atoms with Crippen molar-refractivity contribution >= 4 is 17.7 Å². The number of hydrogen-bond donors (Lipinski definition) is 1. The predicted molar refractivity (Wildman–Crippen MR) is 80.1 cm³/mol. The van der Waals surface area contributed by atoms with Crippen LogP contribution in [0.4, 0.5) is 5.69 Å². The highest BCUT2D eigenvalue weighted by atomic mass is 16.5. The van der Waals surface area contributed by atoms with Gasteiger partial charge in [-0.25, -0.2) is 4.79 Å². The zero-order valence-electron chi connectivity index (χ0n) is 12.0. The first-order valence-electron chi connectivity index (χ1n) is 6.90. The summed E-state index contributed by atoms with van der Waals surface area (Å²) in [7, 11) is 2.07. The van der Waals surface area contributed by atoms with Crippen LogP contribution in [0.2, 0.25) is 0 Å². The highest BCUT2D eigenvalue weighted by Gasteiger charge is 2.18. The Labute approximate surface area is 119 Å². The van der Waals surface area contributed by atoms with E-state index in [1.165, 1.54) is 0 Å². The molecule has 1 saturated heterocycles. The summed E-state index contributed by atoms with van der Waals surface area (Å²) >= 11 is 0. The molecule has 0 spiro atoms. The molecule has 0 radical (unpaired) electrons. The van der Waals surface area contributed by atoms with Crippen molar-refractivity contribution in [3.8, 4) is 0 Å². The average Bonchev–Trinajstić information content (AvgIpc) is 2.89. The molecule has 1 aromatic carbocycles. The van der Waals surface area contributed by atoms with Gasteiger partial charge in [-0.15, -0.1) is 0 Å². The van der Waals surface area contributed by atoms with Crippen LogP contribution in [0, 0.1) is 6.92 Å². The van der Waals surface area contributed by atoms with E-state index in [1.807, 2.05) is 25.1 Å². The van der Waals surface area contributed by atoms with Gasteiger partial charge >= 0.3 is 5.97 Å². The van der Waals surface area contributed by atoms with Crippen molar-refractivity contribution in [1.29, 1.82) is 0 Å². The SMILES string of the molecule is Cc1cc(C=CC(=O)O)ccc1N(C)CC1CCCO1. The fourth-order valence-electron chi connectivity index (χ4n) is 2.57. The topological polar surface area (TPSA) is 49.8 Å². The van der Waals surface area contributed by atoms with E-state index in [0.717, 1.165) is 48.9 Å². The van der Waals surface area contributed by atoms with E-state index in [-0.39, 0.29) is 0 Å². The molecule has 0 amide bonds. The number of carbonyl (C=O) groups is 1. The second-order valence-corrected chi connectivity index (χ2v) is 5.23. The van der Waals surface area contributed by atoms with Crippen molar-refractivity contribution in [3.63, 3.8) is 0 Å². The van der Waals surface area contributed by atoms with Crippen LogP contribution >= 0.6 is 0 Å². The number of aryl methyl sites for hydroxylation is 1. The molecule has 2 rings (SSSR count). The van der Waals surface area contributed by atoms with E-state index in [9.17, 15) is 4.79 Å². The number of rotatable bonds is 5. The Hall–Kier alpha value is -1.81. The van der Waals surface area contributed by atoms with Crippen molar-refractivity contribution in [3.05, 3.63) is 35.4 Å². The van der Waals surface area contributed by atoms with Crippen LogP contribution < -0.4 is 4.90 Å². The Morgan fingerprint density at radius 1 is 1.55 bits per heavy atom. The quantitative estimate of drug-likeness (QED) is 0.839. The third-order valence-corrected chi connectivity index (χ3v) is 3.55. The van der Waals surface area contributed by atoms with Crippen LogP contribution in [0.5, 0.6) is 0 Å². The van der Waals surface area contributed by atoms with Gasteiger partial charge in [-0.2, -0.15) is 0 Å². The highest BCUT2D eigenvalue weighted by molar-refractivity contribution is 5.85. The second-order valence-electron chi connectivity index (χ2n) is 5.23. The minimum atomic E-state index is -0.928. The fraction of sp³-hybridized carbons (Fsp3) is 0.438. The zero-order chi connectivity index (χ0) is 14.5. The lowest BCUT2D eigenvalue weighted by Crippen LogP contribution is -2.28. The Bertz CT molecular complexity index is 504. The molecule has 0 aromatic heterocycles. The summed E-state index contributed by atoms with van der Waals surface area (Å²) in [6.07, 6.45) is 5.37. The van der Waals surface area contributed by atoms with Gasteiger partial charge in [-0.05, 0) is 49.1 Å². The Kier molecular flexibility index (Phi) is 4.79. The van der Waals surface area contributed by atoms with Crippen LogP contribution in [0.25, 0.3) is 6.08 Å². The predicted octanol–water partition coefficient (Wildman–Crippen LogP) is 2.71. The van der Waals surface area contributed by atoms with Gasteiger partial charge in [0.25, 0.3) is 0 Å². The number of ether oxygens (including phenoxy) is 1. The van der Waals surface area contributed by atoms with Crippen LogP contribution in [-0.2, 0) is 9.53 Å². The summed E-state index contributed by atoms with van der Waals surface area (Å²) < 4.78 is 5.66. The van der Waals surface area contributed by atoms with Gasteiger partial charge in [0.1, 0.15) is 0 Å². The first kappa shape index (κ1) is 14.6. The number of carboxylic acids is 1. The lowest BCUT2D eigenvalue weighted by molar-refractivity contribution is -0.131. The van der Waals surface area contributed by atoms with Crippen LogP contribution in [-0.4, -0.2) is 37.4 Å². The minimum Gasteiger partial charge on any atom is -0.478 e. The van der Waals surface area contributed by atoms with Gasteiger partial charge in [0.15, 0.2) is 0 Å². The van der Waals surface area contributed by atoms with E-state index in [2.05, 4.69) is 11.9 Å². The number of benzene rings is 1. The van der Waals surface area contributed by atoms with E-state index >= 15 is 0 Å². The molecule has 0 saturated carbocycles. The molecule has 4 heteroatoms. The Morgan fingerprint density at radius 2 is 2.35 bits per heavy atom. The van der Waals surface area contributed by atoms with Gasteiger partial charge in [-0.1, -0.05) is 6.07 Å². The summed E-state index contributed by atoms with van der Waals surface area (Å²) in [5.41, 5.74) is 3.20. The standard InChI is InChI=1S/C16H21NO3/c1-12-10-13(6-8-16(18)19)5-7-15(12)17(2)11-14-4-3-9-20-14/h5-8,10,14H,3-4,9,11H2,1-2H3,(H,18,19). The molecule has 1 aliphatic rings. The van der Waals surface area contributed by atoms with Gasteiger partial charge in [0.2, 0.25) is 0 Å². The van der Waals surface area contributed by atoms with Gasteiger partial charge < -0.3 is 14.7 Å². The monoisotopic (exact) mass is 275 g/mol. The summed E-state index contributed by atoms with van der Waals surface area (Å²) in [4.78, 5) is 12.7. The normalized spacial score (nSPS) is 18.6. The highest BCUT2D eigenvalue weighted by Crippen LogP contribution is 2.23. The summed E-state index contributed by atoms with van der Waals surface area (Å²) in [5.74, 6) is -0.928. The molecule has 4 nitrogen and oxygen atoms in total. The van der Waals surface area contributed by atoms with Crippen molar-refractivity contribution in [2.45, 2.75) is 25.9 Å². The molecule has 1 unspecified atom stereocenters. The van der Waals surface area contributed by atoms with Crippen LogP contribution in [0.3, 0.4) is 0 Å². The molecule has 1 fully saturated rings. The van der Waals surface area contributed by atoms with Gasteiger partial charge in [0, 0.05) is 32.0 Å². The smallest absolute Gasteiger partial charge is 0.328 e. The lowest BCUT2D eigenvalue weighted by Gasteiger charge is -2.24. The maximum Gasteiger partial charge on any atom is 0.328 e. The fourth-order valence-corrected chi connectivity index (χ4v) is 2.57. The number of likely N-dealkylation sites (N-methyl/N-ethyl adjacent to an activating group) is 1. The maximum atomic E-state index is 10.5. The van der Waals surface area contributed by atoms with Crippen molar-refractivity contribution < 1.29 is 14.6 Å². The van der Waals surface area contributed by atoms with E-state index in [1.54, 1.807) is 6.08 Å². The first-order chi connectivity index (χ1) is 9.56. The summed E-state index contributed by atoms with van der Waals surface area (Å²) in [5, 5.41) is 8.64. The molecule has 1 atom stereocenters. The average molecular weight is 275 g/mol. The molecule has 0 aliphatic carbocycles. The third kappa shape index (κ3) is 3.84. The van der Waals surface area contributed by atoms with Crippen LogP contribution in [0.1, 0.15) is 24.0 Å². The van der Waals surface area contributed by atoms with Crippen molar-refractivity contribution in [2.75, 3.05) is 25.1 Å². The van der Waals surface area contributed by atoms with Gasteiger partial charge in [-0.3, -0.25) is 0 Å². The van der Waals surface area contributed by atoms with Crippen molar-refractivity contribution in [2.24, 2.45) is 0 Å². The number of nitrogens with zero attached hydrogens (tertiary/aromatic N) is 1. The first-order valence-corrected chi connectivity index (χ1v) is 6.90. The summed E-state index contributed by atoms with van der Waals surface area (Å²) in [6.45, 7) is 3.81. The maximum absolute atomic E-state index is 10.5. The molecule has 1 aromatic rings. The number of carboxylic acid groups (broad SMARTS) is 1. The number of aliphatic carboxylic acids is 1. The zero-order valence-corrected chi connectivity index (χ0v) is 12.0.